The number of anilines is 1. The molecule has 5 rings (SSSR count). The maximum absolute atomic E-state index is 14.6. The highest BCUT2D eigenvalue weighted by Crippen LogP contribution is 2.34. The van der Waals surface area contributed by atoms with Gasteiger partial charge in [-0.3, -0.25) is 9.48 Å². The van der Waals surface area contributed by atoms with Crippen LogP contribution in [0.15, 0.2) is 36.1 Å². The third-order valence-electron chi connectivity index (χ3n) is 6.25. The fourth-order valence-electron chi connectivity index (χ4n) is 4.30. The van der Waals surface area contributed by atoms with E-state index in [9.17, 15) is 18.4 Å². The van der Waals surface area contributed by atoms with Crippen molar-refractivity contribution in [2.75, 3.05) is 11.9 Å². The van der Waals surface area contributed by atoms with E-state index in [2.05, 4.69) is 31.0 Å². The minimum absolute atomic E-state index is 0.0226. The lowest BCUT2D eigenvalue weighted by molar-refractivity contribution is -0.357. The van der Waals surface area contributed by atoms with Gasteiger partial charge in [-0.2, -0.15) is 25.0 Å². The molecular weight excluding hydrogens is 546 g/mol. The number of thiazole rings is 1. The van der Waals surface area contributed by atoms with Gasteiger partial charge in [0.25, 0.3) is 5.91 Å². The van der Waals surface area contributed by atoms with Gasteiger partial charge in [0.1, 0.15) is 28.4 Å². The summed E-state index contributed by atoms with van der Waals surface area (Å²) in [7, 11) is 0. The zero-order valence-corrected chi connectivity index (χ0v) is 22.1. The molecule has 1 aliphatic rings. The smallest absolute Gasteiger partial charge is 0.275 e. The highest BCUT2D eigenvalue weighted by molar-refractivity contribution is 7.13. The Hall–Kier alpha value is -3.92. The molecule has 0 unspecified atom stereocenters. The molecule has 0 aliphatic heterocycles. The molecular formula is C25H26F2N8O4S. The summed E-state index contributed by atoms with van der Waals surface area (Å²) in [6.07, 6.45) is 11.0. The van der Waals surface area contributed by atoms with E-state index in [1.165, 1.54) is 16.0 Å². The van der Waals surface area contributed by atoms with Crippen LogP contribution in [0.3, 0.4) is 0 Å². The number of aldehydes is 1. The summed E-state index contributed by atoms with van der Waals surface area (Å²) in [6, 6.07) is 2.01. The van der Waals surface area contributed by atoms with Crippen LogP contribution >= 0.6 is 11.3 Å². The number of aromatic nitrogens is 6. The van der Waals surface area contributed by atoms with Crippen LogP contribution < -0.4 is 10.8 Å². The number of nitrogens with zero attached hydrogens (tertiary/aromatic N) is 6. The number of nitrogens with one attached hydrogen (secondary N) is 2. The second-order valence-electron chi connectivity index (χ2n) is 9.07. The van der Waals surface area contributed by atoms with Gasteiger partial charge >= 0.3 is 0 Å². The number of carbonyl (C=O) groups is 2. The number of carbonyl (C=O) groups excluding carboxylic acids is 2. The topological polar surface area (TPSA) is 138 Å². The lowest BCUT2D eigenvalue weighted by Gasteiger charge is -2.21. The van der Waals surface area contributed by atoms with Crippen LogP contribution in [0, 0.1) is 11.8 Å². The Balaban J connectivity index is 1.30. The Morgan fingerprint density at radius 2 is 2.00 bits per heavy atom. The molecule has 0 atom stereocenters. The van der Waals surface area contributed by atoms with E-state index in [4.69, 9.17) is 9.88 Å². The van der Waals surface area contributed by atoms with Gasteiger partial charge in [-0.15, -0.1) is 16.3 Å². The first kappa shape index (κ1) is 27.6. The zero-order chi connectivity index (χ0) is 27.9. The number of amides is 1. The van der Waals surface area contributed by atoms with E-state index in [0.717, 1.165) is 50.5 Å². The number of rotatable bonds is 12. The molecule has 12 nitrogen and oxygen atoms in total. The van der Waals surface area contributed by atoms with Gasteiger partial charge < -0.3 is 10.1 Å². The minimum Gasteiger partial charge on any atom is -0.317 e. The third kappa shape index (κ3) is 6.62. The van der Waals surface area contributed by atoms with E-state index in [-0.39, 0.29) is 42.0 Å². The quantitative estimate of drug-likeness (QED) is 0.0837. The lowest BCUT2D eigenvalue weighted by atomic mass is 9.96. The summed E-state index contributed by atoms with van der Waals surface area (Å²) in [5, 5.41) is 13.6. The van der Waals surface area contributed by atoms with Crippen LogP contribution in [0.5, 0.6) is 0 Å². The Morgan fingerprint density at radius 1 is 1.15 bits per heavy atom. The average molecular weight is 573 g/mol. The lowest BCUT2D eigenvalue weighted by Crippen LogP contribution is -2.18. The Kier molecular flexibility index (Phi) is 8.95. The second kappa shape index (κ2) is 13.0. The highest BCUT2D eigenvalue weighted by Gasteiger charge is 2.24. The van der Waals surface area contributed by atoms with Crippen molar-refractivity contribution in [1.29, 1.82) is 0 Å². The van der Waals surface area contributed by atoms with Crippen LogP contribution in [0.1, 0.15) is 55.1 Å². The van der Waals surface area contributed by atoms with Crippen molar-refractivity contribution in [1.82, 2.24) is 35.0 Å². The van der Waals surface area contributed by atoms with Crippen LogP contribution in [-0.4, -0.2) is 48.3 Å². The fourth-order valence-corrected chi connectivity index (χ4v) is 5.07. The maximum Gasteiger partial charge on any atom is 0.275 e. The molecule has 1 amide bonds. The first-order valence-electron chi connectivity index (χ1n) is 12.7. The zero-order valence-electron chi connectivity index (χ0n) is 21.3. The van der Waals surface area contributed by atoms with Crippen molar-refractivity contribution in [2.24, 2.45) is 0 Å². The van der Waals surface area contributed by atoms with Gasteiger partial charge in [-0.05, 0) is 25.0 Å². The van der Waals surface area contributed by atoms with E-state index >= 15 is 0 Å². The molecule has 4 heterocycles. The Labute approximate surface area is 231 Å². The molecule has 40 heavy (non-hydrogen) atoms. The van der Waals surface area contributed by atoms with Gasteiger partial charge in [0, 0.05) is 36.3 Å². The number of pyridine rings is 1. The summed E-state index contributed by atoms with van der Waals surface area (Å²) in [4.78, 5) is 41.3. The first-order chi connectivity index (χ1) is 19.5. The number of hydroxylamine groups is 1. The monoisotopic (exact) mass is 572 g/mol. The fraction of sp³-hybridized carbons (Fsp3) is 0.360. The molecule has 0 spiro atoms. The molecule has 0 aromatic carbocycles. The molecule has 2 N–H and O–H groups in total. The van der Waals surface area contributed by atoms with Gasteiger partial charge in [0.05, 0.1) is 17.9 Å². The summed E-state index contributed by atoms with van der Waals surface area (Å²) in [6.45, 7) is 0.291. The predicted octanol–water partition coefficient (Wildman–Crippen LogP) is 4.30. The van der Waals surface area contributed by atoms with Gasteiger partial charge in [-0.1, -0.05) is 19.3 Å². The molecule has 1 aliphatic carbocycles. The summed E-state index contributed by atoms with van der Waals surface area (Å²) in [5.74, 6) is -2.13. The van der Waals surface area contributed by atoms with E-state index in [0.29, 0.717) is 17.1 Å². The van der Waals surface area contributed by atoms with E-state index in [1.54, 1.807) is 28.7 Å². The molecule has 4 aromatic rings. The molecule has 1 saturated carbocycles. The second-order valence-corrected chi connectivity index (χ2v) is 9.93. The Bertz CT molecular complexity index is 1470. The van der Waals surface area contributed by atoms with Crippen molar-refractivity contribution >= 4 is 29.2 Å². The van der Waals surface area contributed by atoms with Crippen molar-refractivity contribution in [2.45, 2.75) is 51.3 Å². The predicted molar refractivity (Wildman–Crippen MR) is 140 cm³/mol. The van der Waals surface area contributed by atoms with Crippen molar-refractivity contribution in [3.05, 3.63) is 53.6 Å². The van der Waals surface area contributed by atoms with Gasteiger partial charge in [0.2, 0.25) is 5.95 Å². The first-order valence-corrected chi connectivity index (χ1v) is 13.6. The maximum atomic E-state index is 14.6. The molecule has 210 valence electrons. The van der Waals surface area contributed by atoms with Crippen molar-refractivity contribution in [3.63, 3.8) is 0 Å². The highest BCUT2D eigenvalue weighted by atomic mass is 32.1. The van der Waals surface area contributed by atoms with Crippen LogP contribution in [-0.2, 0) is 21.4 Å². The number of hydrogen-bond acceptors (Lipinski definition) is 10. The molecule has 15 heteroatoms. The van der Waals surface area contributed by atoms with E-state index < -0.39 is 17.7 Å². The van der Waals surface area contributed by atoms with Crippen molar-refractivity contribution < 1.29 is 28.2 Å². The molecule has 0 saturated heterocycles. The largest absolute Gasteiger partial charge is 0.317 e. The van der Waals surface area contributed by atoms with Crippen LogP contribution in [0.2, 0.25) is 0 Å². The summed E-state index contributed by atoms with van der Waals surface area (Å²) < 4.78 is 31.7. The Morgan fingerprint density at radius 3 is 2.83 bits per heavy atom. The molecule has 0 bridgehead atoms. The molecule has 4 aromatic heterocycles. The summed E-state index contributed by atoms with van der Waals surface area (Å²) in [5.41, 5.74) is 3.25. The molecule has 0 radical (unpaired) electrons. The third-order valence-corrected chi connectivity index (χ3v) is 7.14. The number of halogens is 2. The van der Waals surface area contributed by atoms with Crippen LogP contribution in [0.4, 0.5) is 14.5 Å². The normalized spacial score (nSPS) is 13.9. The van der Waals surface area contributed by atoms with Crippen molar-refractivity contribution in [3.8, 4) is 22.0 Å². The van der Waals surface area contributed by atoms with Gasteiger partial charge in [0.15, 0.2) is 12.5 Å². The SMILES string of the molecule is O=CCCNOOCn1cc(-c2nc(C(=O)Nc3cn(C4CCCCC4)nc3-c3nc(F)ccc3F)cs2)cn1. The van der Waals surface area contributed by atoms with Crippen LogP contribution in [0.25, 0.3) is 22.0 Å². The average Bonchev–Trinajstić information content (AvgIpc) is 3.73. The molecule has 1 fully saturated rings. The minimum atomic E-state index is -0.850. The van der Waals surface area contributed by atoms with E-state index in [1.807, 2.05) is 0 Å². The summed E-state index contributed by atoms with van der Waals surface area (Å²) >= 11 is 1.24. The standard InChI is InChI=1S/C25H26F2N8O4S/c26-18-7-8-21(27)32-22(18)23-19(13-35(33-23)17-5-2-1-3-6-17)30-24(37)20-14-40-25(31-20)16-11-28-34(12-16)15-38-39-29-9-4-10-36/h7-8,10-14,17,29H,1-6,9,15H2,(H,30,37). The van der Waals surface area contributed by atoms with Gasteiger partial charge in [-0.25, -0.2) is 19.0 Å². The number of hydrogen-bond donors (Lipinski definition) is 2.